The van der Waals surface area contributed by atoms with Crippen LogP contribution in [-0.4, -0.2) is 61.0 Å². The molecule has 2 saturated heterocycles. The van der Waals surface area contributed by atoms with Gasteiger partial charge in [0.25, 0.3) is 5.91 Å². The molecule has 33 heavy (non-hydrogen) atoms. The Hall–Kier alpha value is -3.53. The number of hydrogen-bond acceptors (Lipinski definition) is 6. The van der Waals surface area contributed by atoms with Gasteiger partial charge in [0.05, 0.1) is 22.8 Å². The fraction of sp³-hybridized carbons (Fsp3) is 0.435. The average molecular weight is 450 g/mol. The second-order valence-electron chi connectivity index (χ2n) is 8.72. The lowest BCUT2D eigenvalue weighted by molar-refractivity contribution is -0.389. The van der Waals surface area contributed by atoms with E-state index in [4.69, 9.17) is 0 Å². The molecule has 5 rings (SSSR count). The minimum Gasteiger partial charge on any atom is -0.358 e. The molecule has 1 N–H and O–H groups in total. The first-order valence-electron chi connectivity index (χ1n) is 11.4. The van der Waals surface area contributed by atoms with Gasteiger partial charge in [-0.15, -0.1) is 0 Å². The molecule has 0 bridgehead atoms. The molecule has 1 aromatic carbocycles. The van der Waals surface area contributed by atoms with Crippen molar-refractivity contribution < 1.29 is 9.72 Å². The van der Waals surface area contributed by atoms with Crippen LogP contribution < -0.4 is 5.69 Å². The Kier molecular flexibility index (Phi) is 5.67. The van der Waals surface area contributed by atoms with Gasteiger partial charge >= 0.3 is 11.5 Å². The van der Waals surface area contributed by atoms with E-state index in [-0.39, 0.29) is 29.6 Å². The predicted octanol–water partition coefficient (Wildman–Crippen LogP) is 2.92. The van der Waals surface area contributed by atoms with E-state index in [2.05, 4.69) is 14.9 Å². The monoisotopic (exact) mass is 450 g/mol. The molecule has 1 atom stereocenters. The SMILES string of the molecule is O=C(c1ccc([N+](=O)[O-])nc1)N1CCCCC1N1CCC(n2c(=O)[nH]c3ccccc32)CC1. The zero-order chi connectivity index (χ0) is 22.9. The van der Waals surface area contributed by atoms with Gasteiger partial charge in [-0.2, -0.15) is 0 Å². The van der Waals surface area contributed by atoms with E-state index in [1.807, 2.05) is 33.7 Å². The first-order valence-corrected chi connectivity index (χ1v) is 11.4. The molecule has 0 aliphatic carbocycles. The van der Waals surface area contributed by atoms with Gasteiger partial charge in [0.1, 0.15) is 0 Å². The zero-order valence-corrected chi connectivity index (χ0v) is 18.2. The van der Waals surface area contributed by atoms with E-state index in [1.165, 1.54) is 18.3 Å². The number of amides is 1. The van der Waals surface area contributed by atoms with Crippen molar-refractivity contribution in [2.24, 2.45) is 0 Å². The van der Waals surface area contributed by atoms with E-state index in [0.29, 0.717) is 12.1 Å². The maximum atomic E-state index is 13.2. The summed E-state index contributed by atoms with van der Waals surface area (Å²) in [6.07, 6.45) is 5.82. The lowest BCUT2D eigenvalue weighted by Gasteiger charge is -2.45. The van der Waals surface area contributed by atoms with Crippen molar-refractivity contribution in [2.75, 3.05) is 19.6 Å². The second-order valence-corrected chi connectivity index (χ2v) is 8.72. The van der Waals surface area contributed by atoms with Crippen LogP contribution in [0.3, 0.4) is 0 Å². The molecular formula is C23H26N6O4. The highest BCUT2D eigenvalue weighted by molar-refractivity contribution is 5.94. The molecule has 2 fully saturated rings. The van der Waals surface area contributed by atoms with Crippen molar-refractivity contribution in [3.63, 3.8) is 0 Å². The molecule has 0 saturated carbocycles. The molecule has 2 aliphatic rings. The molecule has 3 aromatic rings. The van der Waals surface area contributed by atoms with Crippen molar-refractivity contribution >= 4 is 22.8 Å². The number of rotatable bonds is 4. The molecule has 172 valence electrons. The summed E-state index contributed by atoms with van der Waals surface area (Å²) in [4.78, 5) is 47.1. The van der Waals surface area contributed by atoms with Crippen LogP contribution in [-0.2, 0) is 0 Å². The van der Waals surface area contributed by atoms with Gasteiger partial charge in [0, 0.05) is 31.7 Å². The number of nitro groups is 1. The maximum Gasteiger partial charge on any atom is 0.363 e. The number of likely N-dealkylation sites (tertiary alicyclic amines) is 2. The van der Waals surface area contributed by atoms with Gasteiger partial charge in [-0.25, -0.2) is 4.79 Å². The summed E-state index contributed by atoms with van der Waals surface area (Å²) in [7, 11) is 0. The van der Waals surface area contributed by atoms with Crippen LogP contribution in [0.5, 0.6) is 0 Å². The Morgan fingerprint density at radius 3 is 2.58 bits per heavy atom. The summed E-state index contributed by atoms with van der Waals surface area (Å²) in [5.41, 5.74) is 2.08. The van der Waals surface area contributed by atoms with Crippen LogP contribution in [0.1, 0.15) is 48.5 Å². The van der Waals surface area contributed by atoms with E-state index in [9.17, 15) is 19.7 Å². The van der Waals surface area contributed by atoms with Gasteiger partial charge < -0.3 is 20.0 Å². The number of piperidine rings is 2. The normalized spacial score (nSPS) is 20.2. The third-order valence-electron chi connectivity index (χ3n) is 6.82. The highest BCUT2D eigenvalue weighted by Gasteiger charge is 2.35. The number of para-hydroxylation sites is 2. The highest BCUT2D eigenvalue weighted by atomic mass is 16.6. The largest absolute Gasteiger partial charge is 0.363 e. The molecule has 4 heterocycles. The third kappa shape index (κ3) is 4.02. The smallest absolute Gasteiger partial charge is 0.358 e. The first kappa shape index (κ1) is 21.3. The molecule has 2 aliphatic heterocycles. The number of aromatic amines is 1. The quantitative estimate of drug-likeness (QED) is 0.482. The fourth-order valence-electron chi connectivity index (χ4n) is 5.20. The Bertz CT molecular complexity index is 1230. The van der Waals surface area contributed by atoms with Crippen molar-refractivity contribution in [1.82, 2.24) is 24.3 Å². The molecular weight excluding hydrogens is 424 g/mol. The predicted molar refractivity (Wildman–Crippen MR) is 122 cm³/mol. The number of carbonyl (C=O) groups is 1. The lowest BCUT2D eigenvalue weighted by atomic mass is 9.99. The maximum absolute atomic E-state index is 13.2. The number of nitrogens with zero attached hydrogens (tertiary/aromatic N) is 5. The lowest BCUT2D eigenvalue weighted by Crippen LogP contribution is -2.55. The number of benzene rings is 1. The van der Waals surface area contributed by atoms with Crippen molar-refractivity contribution in [3.8, 4) is 0 Å². The zero-order valence-electron chi connectivity index (χ0n) is 18.2. The number of imidazole rings is 1. The minimum absolute atomic E-state index is 0.0120. The molecule has 2 aromatic heterocycles. The van der Waals surface area contributed by atoms with Crippen molar-refractivity contribution in [1.29, 1.82) is 0 Å². The van der Waals surface area contributed by atoms with Crippen LogP contribution in [0.25, 0.3) is 11.0 Å². The van der Waals surface area contributed by atoms with E-state index < -0.39 is 4.92 Å². The molecule has 0 radical (unpaired) electrons. The summed E-state index contributed by atoms with van der Waals surface area (Å²) in [5, 5.41) is 10.9. The number of nitrogens with one attached hydrogen (secondary N) is 1. The number of aromatic nitrogens is 3. The van der Waals surface area contributed by atoms with Crippen LogP contribution >= 0.6 is 0 Å². The van der Waals surface area contributed by atoms with Crippen LogP contribution in [0.4, 0.5) is 5.82 Å². The van der Waals surface area contributed by atoms with Gasteiger partial charge in [0.15, 0.2) is 6.20 Å². The van der Waals surface area contributed by atoms with Crippen LogP contribution in [0.15, 0.2) is 47.4 Å². The third-order valence-corrected chi connectivity index (χ3v) is 6.82. The van der Waals surface area contributed by atoms with Crippen molar-refractivity contribution in [3.05, 3.63) is 68.8 Å². The topological polar surface area (TPSA) is 117 Å². The standard InChI is InChI=1S/C23H26N6O4/c30-22(16-8-9-20(24-15-16)29(32)33)27-12-4-3-7-21(27)26-13-10-17(11-14-26)28-19-6-2-1-5-18(19)25-23(28)31/h1-2,5-6,8-9,15,17,21H,3-4,7,10-14H2,(H,25,31). The van der Waals surface area contributed by atoms with Crippen LogP contribution in [0.2, 0.25) is 0 Å². The summed E-state index contributed by atoms with van der Waals surface area (Å²) in [6.45, 7) is 2.25. The summed E-state index contributed by atoms with van der Waals surface area (Å²) < 4.78 is 1.87. The minimum atomic E-state index is -0.568. The molecule has 10 nitrogen and oxygen atoms in total. The fourth-order valence-corrected chi connectivity index (χ4v) is 5.20. The number of pyridine rings is 1. The Labute approximate surface area is 190 Å². The first-order chi connectivity index (χ1) is 16.0. The van der Waals surface area contributed by atoms with E-state index in [1.54, 1.807) is 0 Å². The van der Waals surface area contributed by atoms with E-state index >= 15 is 0 Å². The molecule has 10 heteroatoms. The van der Waals surface area contributed by atoms with Gasteiger partial charge in [-0.1, -0.05) is 12.1 Å². The Balaban J connectivity index is 1.30. The number of H-pyrrole nitrogens is 1. The van der Waals surface area contributed by atoms with Gasteiger partial charge in [0.2, 0.25) is 0 Å². The summed E-state index contributed by atoms with van der Waals surface area (Å²) >= 11 is 0. The summed E-state index contributed by atoms with van der Waals surface area (Å²) in [5.74, 6) is -0.409. The molecule has 1 amide bonds. The highest BCUT2D eigenvalue weighted by Crippen LogP contribution is 2.30. The van der Waals surface area contributed by atoms with E-state index in [0.717, 1.165) is 56.2 Å². The number of hydrogen-bond donors (Lipinski definition) is 1. The number of fused-ring (bicyclic) bond motifs is 1. The molecule has 1 unspecified atom stereocenters. The second kappa shape index (κ2) is 8.78. The molecule has 0 spiro atoms. The Morgan fingerprint density at radius 1 is 1.06 bits per heavy atom. The van der Waals surface area contributed by atoms with Crippen LogP contribution in [0, 0.1) is 10.1 Å². The Morgan fingerprint density at radius 2 is 1.85 bits per heavy atom. The number of carbonyl (C=O) groups excluding carboxylic acids is 1. The average Bonchev–Trinajstić information content (AvgIpc) is 3.19. The van der Waals surface area contributed by atoms with Gasteiger partial charge in [-0.05, 0) is 60.2 Å². The van der Waals surface area contributed by atoms with Gasteiger partial charge in [-0.3, -0.25) is 14.3 Å². The summed E-state index contributed by atoms with van der Waals surface area (Å²) in [6, 6.07) is 10.6. The van der Waals surface area contributed by atoms with Crippen molar-refractivity contribution in [2.45, 2.75) is 44.3 Å².